The zero-order chi connectivity index (χ0) is 48.8. The normalized spacial score (nSPS) is 11.8. The third kappa shape index (κ3) is 7.21. The van der Waals surface area contributed by atoms with Crippen LogP contribution in [0.4, 0.5) is 34.1 Å². The Bertz CT molecular complexity index is 3980. The summed E-state index contributed by atoms with van der Waals surface area (Å²) < 4.78 is 13.5. The molecule has 13 rings (SSSR count). The van der Waals surface area contributed by atoms with E-state index in [2.05, 4.69) is 258 Å². The van der Waals surface area contributed by atoms with E-state index < -0.39 is 0 Å². The monoisotopic (exact) mass is 928 g/mol. The smallest absolute Gasteiger partial charge is 0.139 e. The first-order chi connectivity index (χ1) is 35.1. The highest BCUT2D eigenvalue weighted by molar-refractivity contribution is 6.18. The van der Waals surface area contributed by atoms with Crippen LogP contribution in [0, 0.1) is 41.5 Å². The molecule has 0 spiro atoms. The quantitative estimate of drug-likeness (QED) is 0.152. The van der Waals surface area contributed by atoms with E-state index in [1.54, 1.807) is 0 Å². The van der Waals surface area contributed by atoms with E-state index in [1.165, 1.54) is 67.0 Å². The minimum Gasteiger partial charge on any atom is -0.456 e. The second kappa shape index (κ2) is 16.9. The molecular weight excluding hydrogens is 877 g/mol. The molecule has 0 unspecified atom stereocenters. The van der Waals surface area contributed by atoms with Crippen molar-refractivity contribution in [1.29, 1.82) is 0 Å². The summed E-state index contributed by atoms with van der Waals surface area (Å²) in [5.74, 6) is 0. The molecule has 4 heteroatoms. The summed E-state index contributed by atoms with van der Waals surface area (Å²) in [6.07, 6.45) is 0. The van der Waals surface area contributed by atoms with Crippen LogP contribution in [0.25, 0.3) is 87.7 Å². The van der Waals surface area contributed by atoms with Crippen molar-refractivity contribution in [1.82, 2.24) is 0 Å². The second-order valence-electron chi connectivity index (χ2n) is 19.7. The zero-order valence-electron chi connectivity index (χ0n) is 41.3. The number of para-hydroxylation sites is 2. The van der Waals surface area contributed by atoms with Gasteiger partial charge in [0.15, 0.2) is 0 Å². The maximum Gasteiger partial charge on any atom is 0.139 e. The predicted octanol–water partition coefficient (Wildman–Crippen LogP) is 19.9. The average molecular weight is 929 g/mol. The number of nitrogens with zero attached hydrogens (tertiary/aromatic N) is 2. The van der Waals surface area contributed by atoms with Crippen molar-refractivity contribution in [3.8, 4) is 22.3 Å². The molecule has 72 heavy (non-hydrogen) atoms. The van der Waals surface area contributed by atoms with Crippen LogP contribution < -0.4 is 9.80 Å². The fourth-order valence-electron chi connectivity index (χ4n) is 11.3. The second-order valence-corrected chi connectivity index (χ2v) is 19.7. The molecule has 0 saturated heterocycles. The van der Waals surface area contributed by atoms with Gasteiger partial charge in [0.05, 0.1) is 11.4 Å². The van der Waals surface area contributed by atoms with Crippen molar-refractivity contribution < 1.29 is 8.83 Å². The van der Waals surface area contributed by atoms with Gasteiger partial charge in [0.25, 0.3) is 0 Å². The van der Waals surface area contributed by atoms with E-state index in [0.29, 0.717) is 0 Å². The molecule has 0 aliphatic carbocycles. The van der Waals surface area contributed by atoms with Crippen molar-refractivity contribution in [2.75, 3.05) is 9.80 Å². The minimum absolute atomic E-state index is 0.808. The largest absolute Gasteiger partial charge is 0.456 e. The third-order valence-electron chi connectivity index (χ3n) is 14.9. The Morgan fingerprint density at radius 1 is 0.264 bits per heavy atom. The number of hydrogen-bond acceptors (Lipinski definition) is 4. The number of aryl methyl sites for hydroxylation is 6. The van der Waals surface area contributed by atoms with Crippen molar-refractivity contribution in [3.05, 3.63) is 240 Å². The molecule has 0 bridgehead atoms. The van der Waals surface area contributed by atoms with Gasteiger partial charge in [0.1, 0.15) is 22.3 Å². The van der Waals surface area contributed by atoms with Gasteiger partial charge in [-0.15, -0.1) is 0 Å². The molecule has 0 saturated carbocycles. The van der Waals surface area contributed by atoms with Crippen LogP contribution in [-0.2, 0) is 0 Å². The standard InChI is InChI=1S/C68H52N2O2/c1-41-15-13-16-42(2)67(41)69(61-29-25-49(31-45(61)5)47-19-9-7-10-20-47)55-27-23-51-35-57-59-39-60-58-36-52-24-28-56(34-54(52)38-64(58)72-66(60)40-65(59)71-63(57)37-53(51)33-55)70(68-43(3)17-14-18-44(68)4)62-30-26-50(32-46(62)6)48-21-11-8-12-22-48/h7-40H,1-6H3. The first kappa shape index (κ1) is 43.2. The van der Waals surface area contributed by atoms with Crippen molar-refractivity contribution in [2.24, 2.45) is 0 Å². The van der Waals surface area contributed by atoms with E-state index >= 15 is 0 Å². The lowest BCUT2D eigenvalue weighted by Crippen LogP contribution is -2.14. The van der Waals surface area contributed by atoms with Gasteiger partial charge >= 0.3 is 0 Å². The minimum atomic E-state index is 0.808. The molecule has 0 atom stereocenters. The highest BCUT2D eigenvalue weighted by atomic mass is 16.3. The van der Waals surface area contributed by atoms with E-state index in [9.17, 15) is 0 Å². The molecule has 0 N–H and O–H groups in total. The van der Waals surface area contributed by atoms with Gasteiger partial charge < -0.3 is 18.6 Å². The van der Waals surface area contributed by atoms with E-state index in [0.717, 1.165) is 88.2 Å². The number of fused-ring (bicyclic) bond motifs is 8. The van der Waals surface area contributed by atoms with Crippen LogP contribution in [0.15, 0.2) is 215 Å². The Hall–Kier alpha value is -8.86. The Balaban J connectivity index is 0.891. The summed E-state index contributed by atoms with van der Waals surface area (Å²) in [4.78, 5) is 4.85. The molecule has 0 aliphatic heterocycles. The fraction of sp³-hybridized carbons (Fsp3) is 0.0882. The Kier molecular flexibility index (Phi) is 10.2. The lowest BCUT2D eigenvalue weighted by molar-refractivity contribution is 0.656. The maximum absolute atomic E-state index is 6.73. The van der Waals surface area contributed by atoms with Gasteiger partial charge in [0, 0.05) is 50.4 Å². The molecule has 346 valence electrons. The van der Waals surface area contributed by atoms with Crippen molar-refractivity contribution in [2.45, 2.75) is 41.5 Å². The summed E-state index contributed by atoms with van der Waals surface area (Å²) in [5, 5.41) is 8.87. The van der Waals surface area contributed by atoms with Crippen LogP contribution in [0.5, 0.6) is 0 Å². The average Bonchev–Trinajstić information content (AvgIpc) is 3.92. The van der Waals surface area contributed by atoms with E-state index in [4.69, 9.17) is 8.83 Å². The molecule has 0 aliphatic rings. The van der Waals surface area contributed by atoms with Gasteiger partial charge in [-0.2, -0.15) is 0 Å². The van der Waals surface area contributed by atoms with Gasteiger partial charge in [-0.25, -0.2) is 0 Å². The number of hydrogen-bond donors (Lipinski definition) is 0. The molecular formula is C68H52N2O2. The van der Waals surface area contributed by atoms with Crippen LogP contribution in [-0.4, -0.2) is 0 Å². The lowest BCUT2D eigenvalue weighted by atomic mass is 9.99. The molecule has 0 fully saturated rings. The molecule has 4 nitrogen and oxygen atoms in total. The zero-order valence-corrected chi connectivity index (χ0v) is 41.3. The number of rotatable bonds is 8. The summed E-state index contributed by atoms with van der Waals surface area (Å²) in [6, 6.07) is 74.9. The van der Waals surface area contributed by atoms with Crippen molar-refractivity contribution >= 4 is 99.5 Å². The topological polar surface area (TPSA) is 32.8 Å². The van der Waals surface area contributed by atoms with Crippen LogP contribution in [0.2, 0.25) is 0 Å². The predicted molar refractivity (Wildman–Crippen MR) is 305 cm³/mol. The maximum atomic E-state index is 6.73. The Morgan fingerprint density at radius 2 is 0.653 bits per heavy atom. The number of anilines is 6. The van der Waals surface area contributed by atoms with Gasteiger partial charge in [-0.3, -0.25) is 0 Å². The van der Waals surface area contributed by atoms with Crippen molar-refractivity contribution in [3.63, 3.8) is 0 Å². The summed E-state index contributed by atoms with van der Waals surface area (Å²) in [6.45, 7) is 13.3. The highest BCUT2D eigenvalue weighted by Gasteiger charge is 2.23. The van der Waals surface area contributed by atoms with Crippen LogP contribution in [0.3, 0.4) is 0 Å². The number of furan rings is 2. The first-order valence-corrected chi connectivity index (χ1v) is 24.9. The molecule has 13 aromatic rings. The molecule has 0 amide bonds. The summed E-state index contributed by atoms with van der Waals surface area (Å²) in [5.41, 5.74) is 22.3. The highest BCUT2D eigenvalue weighted by Crippen LogP contribution is 2.46. The third-order valence-corrected chi connectivity index (χ3v) is 14.9. The number of benzene rings is 11. The molecule has 0 radical (unpaired) electrons. The lowest BCUT2D eigenvalue weighted by Gasteiger charge is -2.30. The molecule has 11 aromatic carbocycles. The SMILES string of the molecule is Cc1cc(-c2ccccc2)ccc1N(c1ccc2cc3c(cc2c1)oc1cc2oc4cc5cc(N(c6ccc(-c7ccccc7)cc6C)c6c(C)cccc6C)ccc5cc4c2cc13)c1c(C)cccc1C. The summed E-state index contributed by atoms with van der Waals surface area (Å²) >= 11 is 0. The Labute approximate surface area is 419 Å². The summed E-state index contributed by atoms with van der Waals surface area (Å²) in [7, 11) is 0. The fourth-order valence-corrected chi connectivity index (χ4v) is 11.3. The first-order valence-electron chi connectivity index (χ1n) is 24.9. The van der Waals surface area contributed by atoms with Crippen LogP contribution in [0.1, 0.15) is 33.4 Å². The van der Waals surface area contributed by atoms with Gasteiger partial charge in [-0.05, 0) is 198 Å². The van der Waals surface area contributed by atoms with Gasteiger partial charge in [-0.1, -0.05) is 121 Å². The molecule has 2 heterocycles. The van der Waals surface area contributed by atoms with Gasteiger partial charge in [0.2, 0.25) is 0 Å². The van der Waals surface area contributed by atoms with E-state index in [-0.39, 0.29) is 0 Å². The van der Waals surface area contributed by atoms with E-state index in [1.807, 2.05) is 0 Å². The molecule has 2 aromatic heterocycles. The van der Waals surface area contributed by atoms with Crippen LogP contribution >= 0.6 is 0 Å². The Morgan fingerprint density at radius 3 is 1.06 bits per heavy atom.